The Kier molecular flexibility index (Phi) is 8.21. The van der Waals surface area contributed by atoms with Crippen LogP contribution in [0.15, 0.2) is 42.5 Å². The average molecular weight is 446 g/mol. The Bertz CT molecular complexity index is 1030. The zero-order valence-electron chi connectivity index (χ0n) is 18.7. The molecule has 0 heterocycles. The molecular formula is C23H31N3O4S. The SMILES string of the molecule is Cc1cc(C)cc(N(CCCC(=O)Nc2ccccc2C(=O)NC(C)C)S(C)(=O)=O)c1. The van der Waals surface area contributed by atoms with Crippen molar-refractivity contribution in [2.45, 2.75) is 46.6 Å². The molecular weight excluding hydrogens is 414 g/mol. The van der Waals surface area contributed by atoms with E-state index >= 15 is 0 Å². The number of sulfonamides is 1. The molecule has 0 radical (unpaired) electrons. The second-order valence-corrected chi connectivity index (χ2v) is 9.91. The second kappa shape index (κ2) is 10.4. The Balaban J connectivity index is 2.05. The van der Waals surface area contributed by atoms with Crippen molar-refractivity contribution in [2.24, 2.45) is 0 Å². The first-order valence-electron chi connectivity index (χ1n) is 10.2. The molecule has 0 bridgehead atoms. The topological polar surface area (TPSA) is 95.6 Å². The highest BCUT2D eigenvalue weighted by atomic mass is 32.2. The van der Waals surface area contributed by atoms with Gasteiger partial charge in [0.1, 0.15) is 0 Å². The van der Waals surface area contributed by atoms with Crippen LogP contribution in [0.25, 0.3) is 0 Å². The summed E-state index contributed by atoms with van der Waals surface area (Å²) in [5.74, 6) is -0.539. The Hall–Kier alpha value is -2.87. The quantitative estimate of drug-likeness (QED) is 0.616. The number of benzene rings is 2. The lowest BCUT2D eigenvalue weighted by Crippen LogP contribution is -2.32. The van der Waals surface area contributed by atoms with Crippen molar-refractivity contribution in [3.05, 3.63) is 59.2 Å². The fraction of sp³-hybridized carbons (Fsp3) is 0.391. The summed E-state index contributed by atoms with van der Waals surface area (Å²) in [6, 6.07) is 12.4. The molecule has 31 heavy (non-hydrogen) atoms. The molecule has 0 aliphatic carbocycles. The van der Waals surface area contributed by atoms with Crippen LogP contribution in [-0.2, 0) is 14.8 Å². The summed E-state index contributed by atoms with van der Waals surface area (Å²) in [5.41, 5.74) is 3.35. The van der Waals surface area contributed by atoms with Crippen LogP contribution in [0.1, 0.15) is 48.2 Å². The second-order valence-electron chi connectivity index (χ2n) is 8.01. The van der Waals surface area contributed by atoms with Crippen LogP contribution in [0, 0.1) is 13.8 Å². The third kappa shape index (κ3) is 7.40. The normalized spacial score (nSPS) is 11.3. The highest BCUT2D eigenvalue weighted by molar-refractivity contribution is 7.92. The molecule has 7 nitrogen and oxygen atoms in total. The van der Waals surface area contributed by atoms with Crippen molar-refractivity contribution >= 4 is 33.2 Å². The van der Waals surface area contributed by atoms with Crippen LogP contribution in [0.5, 0.6) is 0 Å². The number of anilines is 2. The predicted octanol–water partition coefficient (Wildman–Crippen LogP) is 3.63. The zero-order chi connectivity index (χ0) is 23.2. The van der Waals surface area contributed by atoms with Gasteiger partial charge in [-0.15, -0.1) is 0 Å². The molecule has 2 N–H and O–H groups in total. The van der Waals surface area contributed by atoms with E-state index in [2.05, 4.69) is 10.6 Å². The molecule has 0 spiro atoms. The molecule has 2 aromatic carbocycles. The van der Waals surface area contributed by atoms with E-state index in [0.29, 0.717) is 23.4 Å². The summed E-state index contributed by atoms with van der Waals surface area (Å²) in [5, 5.41) is 5.58. The first kappa shape index (κ1) is 24.4. The molecule has 0 atom stereocenters. The van der Waals surface area contributed by atoms with Crippen molar-refractivity contribution in [1.82, 2.24) is 5.32 Å². The van der Waals surface area contributed by atoms with Crippen molar-refractivity contribution in [3.63, 3.8) is 0 Å². The van der Waals surface area contributed by atoms with E-state index in [4.69, 9.17) is 0 Å². The number of rotatable bonds is 9. The minimum absolute atomic E-state index is 0.0245. The summed E-state index contributed by atoms with van der Waals surface area (Å²) in [7, 11) is -3.49. The maximum atomic E-state index is 12.5. The molecule has 0 aliphatic rings. The Morgan fingerprint density at radius 3 is 2.23 bits per heavy atom. The lowest BCUT2D eigenvalue weighted by Gasteiger charge is -2.23. The lowest BCUT2D eigenvalue weighted by atomic mass is 10.1. The van der Waals surface area contributed by atoms with E-state index < -0.39 is 10.0 Å². The third-order valence-electron chi connectivity index (χ3n) is 4.53. The number of para-hydroxylation sites is 1. The predicted molar refractivity (Wildman–Crippen MR) is 125 cm³/mol. The number of amides is 2. The van der Waals surface area contributed by atoms with E-state index in [0.717, 1.165) is 17.4 Å². The Morgan fingerprint density at radius 1 is 1.03 bits per heavy atom. The van der Waals surface area contributed by atoms with Gasteiger partial charge in [0, 0.05) is 19.0 Å². The largest absolute Gasteiger partial charge is 0.350 e. The molecule has 2 aromatic rings. The molecule has 0 fully saturated rings. The molecule has 0 aliphatic heterocycles. The number of carbonyl (C=O) groups is 2. The molecule has 0 saturated heterocycles. The van der Waals surface area contributed by atoms with Crippen molar-refractivity contribution in [1.29, 1.82) is 0 Å². The molecule has 0 saturated carbocycles. The van der Waals surface area contributed by atoms with Gasteiger partial charge in [0.2, 0.25) is 15.9 Å². The number of hydrogen-bond donors (Lipinski definition) is 2. The zero-order valence-corrected chi connectivity index (χ0v) is 19.5. The van der Waals surface area contributed by atoms with Crippen molar-refractivity contribution in [3.8, 4) is 0 Å². The van der Waals surface area contributed by atoms with Crippen LogP contribution >= 0.6 is 0 Å². The monoisotopic (exact) mass is 445 g/mol. The summed E-state index contributed by atoms with van der Waals surface area (Å²) in [4.78, 5) is 24.8. The first-order chi connectivity index (χ1) is 14.5. The van der Waals surface area contributed by atoms with E-state index in [1.807, 2.05) is 45.9 Å². The molecule has 168 valence electrons. The smallest absolute Gasteiger partial charge is 0.253 e. The fourth-order valence-corrected chi connectivity index (χ4v) is 4.26. The molecule has 2 amide bonds. The van der Waals surface area contributed by atoms with E-state index in [-0.39, 0.29) is 30.8 Å². The van der Waals surface area contributed by atoms with E-state index in [1.54, 1.807) is 24.3 Å². The maximum Gasteiger partial charge on any atom is 0.253 e. The van der Waals surface area contributed by atoms with Gasteiger partial charge in [-0.25, -0.2) is 8.42 Å². The van der Waals surface area contributed by atoms with Crippen molar-refractivity contribution in [2.75, 3.05) is 22.4 Å². The van der Waals surface area contributed by atoms with Gasteiger partial charge in [0.05, 0.1) is 23.2 Å². The van der Waals surface area contributed by atoms with Crippen molar-refractivity contribution < 1.29 is 18.0 Å². The van der Waals surface area contributed by atoms with Crippen LogP contribution in [0.2, 0.25) is 0 Å². The number of carbonyl (C=O) groups excluding carboxylic acids is 2. The maximum absolute atomic E-state index is 12.5. The van der Waals surface area contributed by atoms with Crippen LogP contribution < -0.4 is 14.9 Å². The molecule has 2 rings (SSSR count). The summed E-state index contributed by atoms with van der Waals surface area (Å²) in [6.07, 6.45) is 1.62. The molecule has 0 unspecified atom stereocenters. The highest BCUT2D eigenvalue weighted by Crippen LogP contribution is 2.22. The van der Waals surface area contributed by atoms with E-state index in [1.165, 1.54) is 4.31 Å². The summed E-state index contributed by atoms with van der Waals surface area (Å²) >= 11 is 0. The van der Waals surface area contributed by atoms with Gasteiger partial charge in [0.15, 0.2) is 0 Å². The molecule has 0 aromatic heterocycles. The lowest BCUT2D eigenvalue weighted by molar-refractivity contribution is -0.116. The summed E-state index contributed by atoms with van der Waals surface area (Å²) in [6.45, 7) is 7.74. The van der Waals surface area contributed by atoms with Gasteiger partial charge < -0.3 is 10.6 Å². The van der Waals surface area contributed by atoms with Gasteiger partial charge in [-0.1, -0.05) is 18.2 Å². The Morgan fingerprint density at radius 2 is 1.65 bits per heavy atom. The van der Waals surface area contributed by atoms with Gasteiger partial charge in [-0.3, -0.25) is 13.9 Å². The van der Waals surface area contributed by atoms with Gasteiger partial charge >= 0.3 is 0 Å². The van der Waals surface area contributed by atoms with Gasteiger partial charge in [-0.2, -0.15) is 0 Å². The van der Waals surface area contributed by atoms with E-state index in [9.17, 15) is 18.0 Å². The third-order valence-corrected chi connectivity index (χ3v) is 5.72. The van der Waals surface area contributed by atoms with Gasteiger partial charge in [-0.05, 0) is 69.5 Å². The number of nitrogens with one attached hydrogen (secondary N) is 2. The minimum Gasteiger partial charge on any atom is -0.350 e. The Labute approximate surface area is 184 Å². The average Bonchev–Trinajstić information content (AvgIpc) is 2.63. The molecule has 8 heteroatoms. The summed E-state index contributed by atoms with van der Waals surface area (Å²) < 4.78 is 25.9. The van der Waals surface area contributed by atoms with Crippen LogP contribution in [0.4, 0.5) is 11.4 Å². The standard InChI is InChI=1S/C23H31N3O4S/c1-16(2)24-23(28)20-9-6-7-10-21(20)25-22(27)11-8-12-26(31(5,29)30)19-14-17(3)13-18(4)15-19/h6-7,9-10,13-16H,8,11-12H2,1-5H3,(H,24,28)(H,25,27). The van der Waals surface area contributed by atoms with Gasteiger partial charge in [0.25, 0.3) is 5.91 Å². The number of hydrogen-bond acceptors (Lipinski definition) is 4. The van der Waals surface area contributed by atoms with Crippen LogP contribution in [0.3, 0.4) is 0 Å². The highest BCUT2D eigenvalue weighted by Gasteiger charge is 2.19. The van der Waals surface area contributed by atoms with Crippen LogP contribution in [-0.4, -0.2) is 39.1 Å². The minimum atomic E-state index is -3.49. The number of nitrogens with zero attached hydrogens (tertiary/aromatic N) is 1. The first-order valence-corrected chi connectivity index (χ1v) is 12.1. The fourth-order valence-electron chi connectivity index (χ4n) is 3.31. The number of aryl methyl sites for hydroxylation is 2.